The number of morpholine rings is 1. The highest BCUT2D eigenvalue weighted by Crippen LogP contribution is 2.16. The zero-order valence-corrected chi connectivity index (χ0v) is 12.1. The lowest BCUT2D eigenvalue weighted by Crippen LogP contribution is -2.50. The van der Waals surface area contributed by atoms with E-state index in [9.17, 15) is 4.79 Å². The summed E-state index contributed by atoms with van der Waals surface area (Å²) >= 11 is 3.39. The van der Waals surface area contributed by atoms with Crippen LogP contribution >= 0.6 is 15.9 Å². The summed E-state index contributed by atoms with van der Waals surface area (Å²) in [7, 11) is 0. The van der Waals surface area contributed by atoms with Gasteiger partial charge in [0.2, 0.25) is 0 Å². The van der Waals surface area contributed by atoms with Gasteiger partial charge >= 0.3 is 0 Å². The molecular weight excluding hydrogens is 300 g/mol. The number of hydrogen-bond acceptors (Lipinski definition) is 4. The third-order valence-corrected chi connectivity index (χ3v) is 3.69. The fourth-order valence-electron chi connectivity index (χ4n) is 1.70. The minimum absolute atomic E-state index is 0.0631. The molecule has 1 atom stereocenters. The van der Waals surface area contributed by atoms with Crippen molar-refractivity contribution in [2.45, 2.75) is 19.9 Å². The van der Waals surface area contributed by atoms with Crippen LogP contribution in [-0.2, 0) is 9.53 Å². The normalized spacial score (nSPS) is 18.6. The van der Waals surface area contributed by atoms with Crippen LogP contribution in [0.5, 0.6) is 0 Å². The minimum atomic E-state index is -0.335. The van der Waals surface area contributed by atoms with Gasteiger partial charge < -0.3 is 4.74 Å². The van der Waals surface area contributed by atoms with Gasteiger partial charge in [0.05, 0.1) is 23.4 Å². The molecule has 2 rings (SSSR count). The molecule has 18 heavy (non-hydrogen) atoms. The highest BCUT2D eigenvalue weighted by molar-refractivity contribution is 9.10. The fourth-order valence-corrected chi connectivity index (χ4v) is 1.99. The van der Waals surface area contributed by atoms with E-state index in [1.165, 1.54) is 0 Å². The molecule has 0 saturated carbocycles. The van der Waals surface area contributed by atoms with Crippen molar-refractivity contribution in [3.05, 3.63) is 16.4 Å². The number of carbonyl (C=O) groups is 1. The van der Waals surface area contributed by atoms with Crippen LogP contribution in [0.3, 0.4) is 0 Å². The summed E-state index contributed by atoms with van der Waals surface area (Å²) < 4.78 is 7.80. The Balaban J connectivity index is 1.95. The Kier molecular flexibility index (Phi) is 4.36. The molecule has 100 valence electrons. The summed E-state index contributed by atoms with van der Waals surface area (Å²) in [4.78, 5) is 12.1. The van der Waals surface area contributed by atoms with E-state index >= 15 is 0 Å². The summed E-state index contributed by atoms with van der Waals surface area (Å²) in [6.07, 6.45) is 1.82. The number of nitrogens with zero attached hydrogens (tertiary/aromatic N) is 3. The quantitative estimate of drug-likeness (QED) is 0.899. The Morgan fingerprint density at radius 3 is 2.78 bits per heavy atom. The second-order valence-electron chi connectivity index (χ2n) is 4.29. The molecule has 1 aromatic rings. The number of rotatable bonds is 3. The molecule has 1 saturated heterocycles. The lowest BCUT2D eigenvalue weighted by Gasteiger charge is -2.28. The number of hydrazine groups is 1. The van der Waals surface area contributed by atoms with E-state index in [0.29, 0.717) is 13.2 Å². The molecule has 1 aliphatic heterocycles. The van der Waals surface area contributed by atoms with Gasteiger partial charge in [-0.2, -0.15) is 5.10 Å². The molecule has 1 N–H and O–H groups in total. The summed E-state index contributed by atoms with van der Waals surface area (Å²) in [5.41, 5.74) is 3.76. The molecule has 0 radical (unpaired) electrons. The SMILES string of the molecule is Cc1nn(C(C)C(=O)NN2CCOCC2)cc1Br. The van der Waals surface area contributed by atoms with E-state index in [2.05, 4.69) is 26.5 Å². The lowest BCUT2D eigenvalue weighted by molar-refractivity contribution is -0.131. The van der Waals surface area contributed by atoms with Gasteiger partial charge in [-0.15, -0.1) is 0 Å². The van der Waals surface area contributed by atoms with E-state index in [1.54, 1.807) is 4.68 Å². The third kappa shape index (κ3) is 3.09. The van der Waals surface area contributed by atoms with Crippen LogP contribution in [0.1, 0.15) is 18.7 Å². The van der Waals surface area contributed by atoms with Crippen LogP contribution in [-0.4, -0.2) is 47.0 Å². The van der Waals surface area contributed by atoms with E-state index in [4.69, 9.17) is 4.74 Å². The highest BCUT2D eigenvalue weighted by Gasteiger charge is 2.20. The van der Waals surface area contributed by atoms with Gasteiger partial charge in [0, 0.05) is 19.3 Å². The van der Waals surface area contributed by atoms with Crippen LogP contribution in [0.4, 0.5) is 0 Å². The largest absolute Gasteiger partial charge is 0.379 e. The maximum Gasteiger partial charge on any atom is 0.258 e. The van der Waals surface area contributed by atoms with Crippen molar-refractivity contribution < 1.29 is 9.53 Å². The van der Waals surface area contributed by atoms with Crippen LogP contribution in [0.25, 0.3) is 0 Å². The van der Waals surface area contributed by atoms with Gasteiger partial charge in [-0.25, -0.2) is 5.01 Å². The number of hydrogen-bond donors (Lipinski definition) is 1. The summed E-state index contributed by atoms with van der Waals surface area (Å²) in [5, 5.41) is 6.17. The van der Waals surface area contributed by atoms with Crippen molar-refractivity contribution in [2.24, 2.45) is 0 Å². The zero-order chi connectivity index (χ0) is 13.1. The number of ether oxygens (including phenoxy) is 1. The van der Waals surface area contributed by atoms with Crippen LogP contribution in [0, 0.1) is 6.92 Å². The average molecular weight is 317 g/mol. The Labute approximate surface area is 114 Å². The van der Waals surface area contributed by atoms with Crippen molar-refractivity contribution in [1.29, 1.82) is 0 Å². The zero-order valence-electron chi connectivity index (χ0n) is 10.5. The molecule has 1 aliphatic rings. The maximum absolute atomic E-state index is 12.1. The highest BCUT2D eigenvalue weighted by atomic mass is 79.9. The summed E-state index contributed by atoms with van der Waals surface area (Å²) in [6, 6.07) is -0.335. The lowest BCUT2D eigenvalue weighted by atomic mass is 10.3. The third-order valence-electron chi connectivity index (χ3n) is 2.91. The smallest absolute Gasteiger partial charge is 0.258 e. The number of carbonyl (C=O) groups excluding carboxylic acids is 1. The molecule has 7 heteroatoms. The van der Waals surface area contributed by atoms with Gasteiger partial charge in [0.1, 0.15) is 6.04 Å². The predicted octanol–water partition coefficient (Wildman–Crippen LogP) is 0.878. The van der Waals surface area contributed by atoms with Crippen molar-refractivity contribution in [1.82, 2.24) is 20.2 Å². The molecular formula is C11H17BrN4O2. The Bertz CT molecular complexity index is 409. The molecule has 0 bridgehead atoms. The molecule has 2 heterocycles. The molecule has 6 nitrogen and oxygen atoms in total. The monoisotopic (exact) mass is 316 g/mol. The number of aryl methyl sites for hydroxylation is 1. The molecule has 0 aliphatic carbocycles. The van der Waals surface area contributed by atoms with Gasteiger partial charge in [-0.05, 0) is 29.8 Å². The molecule has 0 aromatic carbocycles. The van der Waals surface area contributed by atoms with Crippen molar-refractivity contribution in [2.75, 3.05) is 26.3 Å². The van der Waals surface area contributed by atoms with Gasteiger partial charge in [-0.3, -0.25) is 14.9 Å². The van der Waals surface area contributed by atoms with Gasteiger partial charge in [0.15, 0.2) is 0 Å². The average Bonchev–Trinajstić information content (AvgIpc) is 2.70. The molecule has 1 fully saturated rings. The Morgan fingerprint density at radius 1 is 1.56 bits per heavy atom. The number of halogens is 1. The molecule has 1 aromatic heterocycles. The number of nitrogens with one attached hydrogen (secondary N) is 1. The van der Waals surface area contributed by atoms with Crippen molar-refractivity contribution in [3.63, 3.8) is 0 Å². The van der Waals surface area contributed by atoms with Crippen molar-refractivity contribution in [3.8, 4) is 0 Å². The second-order valence-corrected chi connectivity index (χ2v) is 5.15. The first-order chi connectivity index (χ1) is 8.58. The van der Waals surface area contributed by atoms with Crippen LogP contribution in [0.2, 0.25) is 0 Å². The first-order valence-electron chi connectivity index (χ1n) is 5.92. The molecule has 1 amide bonds. The molecule has 1 unspecified atom stereocenters. The van der Waals surface area contributed by atoms with E-state index in [-0.39, 0.29) is 11.9 Å². The standard InChI is InChI=1S/C11H17BrN4O2/c1-8-10(12)7-16(13-8)9(2)11(17)14-15-3-5-18-6-4-15/h7,9H,3-6H2,1-2H3,(H,14,17). The second kappa shape index (κ2) is 5.81. The van der Waals surface area contributed by atoms with E-state index in [1.807, 2.05) is 25.1 Å². The Morgan fingerprint density at radius 2 is 2.22 bits per heavy atom. The number of amides is 1. The van der Waals surface area contributed by atoms with Crippen LogP contribution in [0.15, 0.2) is 10.7 Å². The molecule has 0 spiro atoms. The maximum atomic E-state index is 12.1. The fraction of sp³-hybridized carbons (Fsp3) is 0.636. The van der Waals surface area contributed by atoms with Crippen molar-refractivity contribution >= 4 is 21.8 Å². The summed E-state index contributed by atoms with van der Waals surface area (Å²) in [6.45, 7) is 6.48. The van der Waals surface area contributed by atoms with Gasteiger partial charge in [0.25, 0.3) is 5.91 Å². The minimum Gasteiger partial charge on any atom is -0.379 e. The van der Waals surface area contributed by atoms with Gasteiger partial charge in [-0.1, -0.05) is 0 Å². The van der Waals surface area contributed by atoms with E-state index in [0.717, 1.165) is 23.3 Å². The first-order valence-corrected chi connectivity index (χ1v) is 6.71. The number of aromatic nitrogens is 2. The Hall–Kier alpha value is -0.920. The first kappa shape index (κ1) is 13.5. The van der Waals surface area contributed by atoms with E-state index < -0.39 is 0 Å². The summed E-state index contributed by atoms with van der Waals surface area (Å²) in [5.74, 6) is -0.0631. The predicted molar refractivity (Wildman–Crippen MR) is 69.9 cm³/mol. The topological polar surface area (TPSA) is 59.4 Å². The van der Waals surface area contributed by atoms with Crippen LogP contribution < -0.4 is 5.43 Å².